The Morgan fingerprint density at radius 3 is 2.77 bits per heavy atom. The number of hydroxylamine groups is 1. The molecular formula is C10H12NO2. The minimum atomic E-state index is -0.385. The van der Waals surface area contributed by atoms with Crippen LogP contribution >= 0.6 is 0 Å². The molecule has 3 nitrogen and oxygen atoms in total. The molecule has 1 aromatic rings. The fourth-order valence-electron chi connectivity index (χ4n) is 0.848. The predicted molar refractivity (Wildman–Crippen MR) is 49.5 cm³/mol. The molecule has 0 fully saturated rings. The van der Waals surface area contributed by atoms with Gasteiger partial charge in [-0.1, -0.05) is 30.3 Å². The summed E-state index contributed by atoms with van der Waals surface area (Å²) in [7, 11) is 0. The van der Waals surface area contributed by atoms with E-state index in [1.165, 1.54) is 0 Å². The van der Waals surface area contributed by atoms with Gasteiger partial charge in [-0.05, 0) is 12.5 Å². The lowest BCUT2D eigenvalue weighted by Crippen LogP contribution is -2.27. The molecular weight excluding hydrogens is 166 g/mol. The first kappa shape index (κ1) is 9.89. The molecule has 0 heterocycles. The number of benzene rings is 1. The van der Waals surface area contributed by atoms with E-state index >= 15 is 0 Å². The first-order valence-corrected chi connectivity index (χ1v) is 4.12. The molecule has 3 heteroatoms. The fourth-order valence-corrected chi connectivity index (χ4v) is 0.848. The fraction of sp³-hybridized carbons (Fsp3) is 0.300. The Morgan fingerprint density at radius 1 is 1.46 bits per heavy atom. The van der Waals surface area contributed by atoms with Gasteiger partial charge in [0.1, 0.15) is 0 Å². The monoisotopic (exact) mass is 178 g/mol. The number of hydrogen-bond donors (Lipinski definition) is 1. The highest BCUT2D eigenvalue weighted by molar-refractivity contribution is 5.57. The zero-order valence-corrected chi connectivity index (χ0v) is 7.49. The van der Waals surface area contributed by atoms with Crippen molar-refractivity contribution in [3.63, 3.8) is 0 Å². The maximum absolute atomic E-state index is 10.1. The lowest BCUT2D eigenvalue weighted by atomic mass is 10.2. The van der Waals surface area contributed by atoms with E-state index in [4.69, 9.17) is 4.84 Å². The van der Waals surface area contributed by atoms with Crippen molar-refractivity contribution in [1.29, 1.82) is 0 Å². The van der Waals surface area contributed by atoms with Crippen LogP contribution in [-0.4, -0.2) is 12.3 Å². The summed E-state index contributed by atoms with van der Waals surface area (Å²) in [6, 6.07) is 9.35. The molecule has 0 aliphatic rings. The van der Waals surface area contributed by atoms with Gasteiger partial charge in [-0.3, -0.25) is 9.63 Å². The summed E-state index contributed by atoms with van der Waals surface area (Å²) in [6.45, 7) is 2.13. The van der Waals surface area contributed by atoms with Crippen LogP contribution in [0.4, 0.5) is 0 Å². The molecule has 1 atom stereocenters. The Hall–Kier alpha value is -1.19. The number of hydrogen-bond acceptors (Lipinski definition) is 3. The van der Waals surface area contributed by atoms with Crippen LogP contribution in [0.1, 0.15) is 12.5 Å². The first-order chi connectivity index (χ1) is 6.33. The zero-order chi connectivity index (χ0) is 9.52. The standard InChI is InChI=1S/C10H12NO2/c1-9(7-12)11-13-8-10-5-3-2-4-6-10/h2-6,9,11H,8H2,1H3/t9-/m0/s1. The van der Waals surface area contributed by atoms with Gasteiger partial charge in [0.05, 0.1) is 12.6 Å². The van der Waals surface area contributed by atoms with Crippen LogP contribution < -0.4 is 5.48 Å². The van der Waals surface area contributed by atoms with E-state index in [0.29, 0.717) is 6.61 Å². The van der Waals surface area contributed by atoms with Gasteiger partial charge in [-0.2, -0.15) is 5.48 Å². The Bertz CT molecular complexity index is 248. The van der Waals surface area contributed by atoms with E-state index in [-0.39, 0.29) is 6.04 Å². The van der Waals surface area contributed by atoms with Crippen molar-refractivity contribution >= 4 is 6.29 Å². The van der Waals surface area contributed by atoms with Gasteiger partial charge in [0.2, 0.25) is 6.29 Å². The van der Waals surface area contributed by atoms with Gasteiger partial charge in [0, 0.05) is 0 Å². The molecule has 0 aliphatic carbocycles. The average molecular weight is 178 g/mol. The summed E-state index contributed by atoms with van der Waals surface area (Å²) >= 11 is 0. The summed E-state index contributed by atoms with van der Waals surface area (Å²) in [5, 5.41) is 0. The molecule has 13 heavy (non-hydrogen) atoms. The maximum atomic E-state index is 10.1. The zero-order valence-electron chi connectivity index (χ0n) is 7.49. The minimum Gasteiger partial charge on any atom is -0.296 e. The molecule has 0 unspecified atom stereocenters. The van der Waals surface area contributed by atoms with Crippen LogP contribution in [0.5, 0.6) is 0 Å². The largest absolute Gasteiger partial charge is 0.296 e. The third-order valence-electron chi connectivity index (χ3n) is 1.52. The second-order valence-electron chi connectivity index (χ2n) is 2.73. The van der Waals surface area contributed by atoms with Crippen LogP contribution in [0.3, 0.4) is 0 Å². The molecule has 0 saturated carbocycles. The van der Waals surface area contributed by atoms with Gasteiger partial charge >= 0.3 is 0 Å². The van der Waals surface area contributed by atoms with Crippen molar-refractivity contribution in [2.75, 3.05) is 0 Å². The quantitative estimate of drug-likeness (QED) is 0.689. The van der Waals surface area contributed by atoms with Gasteiger partial charge in [-0.25, -0.2) is 0 Å². The number of nitrogens with one attached hydrogen (secondary N) is 1. The van der Waals surface area contributed by atoms with Crippen molar-refractivity contribution in [2.24, 2.45) is 0 Å². The molecule has 0 aromatic heterocycles. The second kappa shape index (κ2) is 5.45. The molecule has 69 valence electrons. The molecule has 0 aliphatic heterocycles. The van der Waals surface area contributed by atoms with E-state index in [2.05, 4.69) is 5.48 Å². The summed E-state index contributed by atoms with van der Waals surface area (Å²) in [5.74, 6) is 0. The Balaban J connectivity index is 2.24. The highest BCUT2D eigenvalue weighted by Crippen LogP contribution is 1.98. The summed E-state index contributed by atoms with van der Waals surface area (Å²) < 4.78 is 0. The van der Waals surface area contributed by atoms with Crippen molar-refractivity contribution in [2.45, 2.75) is 19.6 Å². The predicted octanol–water partition coefficient (Wildman–Crippen LogP) is 1.21. The topological polar surface area (TPSA) is 38.3 Å². The molecule has 0 spiro atoms. The van der Waals surface area contributed by atoms with Crippen LogP contribution in [0.2, 0.25) is 0 Å². The van der Waals surface area contributed by atoms with Crippen LogP contribution in [-0.2, 0) is 16.2 Å². The number of carbonyl (C=O) groups excluding carboxylic acids is 1. The minimum absolute atomic E-state index is 0.385. The van der Waals surface area contributed by atoms with Gasteiger partial charge in [0.15, 0.2) is 0 Å². The Kier molecular flexibility index (Phi) is 4.15. The van der Waals surface area contributed by atoms with Crippen LogP contribution in [0, 0.1) is 0 Å². The van der Waals surface area contributed by atoms with Gasteiger partial charge < -0.3 is 0 Å². The molecule has 1 radical (unpaired) electrons. The molecule has 0 amide bonds. The van der Waals surface area contributed by atoms with Crippen molar-refractivity contribution in [3.8, 4) is 0 Å². The summed E-state index contributed by atoms with van der Waals surface area (Å²) in [6.07, 6.45) is 1.77. The Labute approximate surface area is 77.7 Å². The molecule has 0 saturated heterocycles. The lowest BCUT2D eigenvalue weighted by Gasteiger charge is -2.06. The summed E-state index contributed by atoms with van der Waals surface area (Å²) in [5.41, 5.74) is 3.62. The lowest BCUT2D eigenvalue weighted by molar-refractivity contribution is 0.0202. The van der Waals surface area contributed by atoms with E-state index in [1.54, 1.807) is 13.2 Å². The summed E-state index contributed by atoms with van der Waals surface area (Å²) in [4.78, 5) is 15.1. The van der Waals surface area contributed by atoms with Crippen LogP contribution in [0.25, 0.3) is 0 Å². The van der Waals surface area contributed by atoms with Crippen molar-refractivity contribution in [1.82, 2.24) is 5.48 Å². The second-order valence-corrected chi connectivity index (χ2v) is 2.73. The smallest absolute Gasteiger partial charge is 0.219 e. The maximum Gasteiger partial charge on any atom is 0.219 e. The van der Waals surface area contributed by atoms with Gasteiger partial charge in [-0.15, -0.1) is 0 Å². The third-order valence-corrected chi connectivity index (χ3v) is 1.52. The first-order valence-electron chi connectivity index (χ1n) is 4.12. The Morgan fingerprint density at radius 2 is 2.15 bits per heavy atom. The normalized spacial score (nSPS) is 12.4. The van der Waals surface area contributed by atoms with Crippen molar-refractivity contribution in [3.05, 3.63) is 35.9 Å². The molecule has 1 aromatic carbocycles. The molecule has 1 N–H and O–H groups in total. The number of rotatable bonds is 5. The molecule has 1 rings (SSSR count). The van der Waals surface area contributed by atoms with Crippen LogP contribution in [0.15, 0.2) is 30.3 Å². The highest BCUT2D eigenvalue weighted by Gasteiger charge is 1.98. The van der Waals surface area contributed by atoms with Crippen molar-refractivity contribution < 1.29 is 9.63 Å². The van der Waals surface area contributed by atoms with E-state index in [0.717, 1.165) is 5.56 Å². The van der Waals surface area contributed by atoms with E-state index < -0.39 is 0 Å². The van der Waals surface area contributed by atoms with E-state index in [1.807, 2.05) is 30.3 Å². The third kappa shape index (κ3) is 3.83. The highest BCUT2D eigenvalue weighted by atomic mass is 16.6. The average Bonchev–Trinajstić information content (AvgIpc) is 2.19. The van der Waals surface area contributed by atoms with E-state index in [9.17, 15) is 4.79 Å². The SMILES string of the molecule is C[C@@H]([C]=O)NOCc1ccccc1. The molecule has 0 bridgehead atoms. The van der Waals surface area contributed by atoms with Gasteiger partial charge in [0.25, 0.3) is 0 Å².